The number of hydrogen-bond donors (Lipinski definition) is 1. The van der Waals surface area contributed by atoms with Crippen LogP contribution >= 0.6 is 15.9 Å². The first-order valence-electron chi connectivity index (χ1n) is 6.43. The van der Waals surface area contributed by atoms with Crippen molar-refractivity contribution >= 4 is 15.9 Å². The number of hydrogen-bond acceptors (Lipinski definition) is 3. The molecule has 2 rings (SSSR count). The zero-order valence-corrected chi connectivity index (χ0v) is 12.8. The topological polar surface area (TPSA) is 38.7 Å². The Hall–Kier alpha value is -1.52. The maximum atomic E-state index is 9.30. The minimum absolute atomic E-state index is 0.234. The molecule has 0 amide bonds. The normalized spacial score (nSPS) is 11.9. The van der Waals surface area contributed by atoms with Gasteiger partial charge >= 0.3 is 0 Å². The van der Waals surface area contributed by atoms with Gasteiger partial charge in [0.15, 0.2) is 11.5 Å². The highest BCUT2D eigenvalue weighted by Crippen LogP contribution is 2.35. The van der Waals surface area contributed by atoms with Gasteiger partial charge in [-0.2, -0.15) is 0 Å². The summed E-state index contributed by atoms with van der Waals surface area (Å²) in [6.45, 7) is 2.38. The van der Waals surface area contributed by atoms with Crippen molar-refractivity contribution in [1.29, 1.82) is 0 Å². The second-order valence-corrected chi connectivity index (χ2v) is 5.36. The van der Waals surface area contributed by atoms with E-state index in [0.29, 0.717) is 18.1 Å². The largest absolute Gasteiger partial charge is 0.487 e. The molecule has 2 aromatic rings. The first-order chi connectivity index (χ1) is 9.66. The molecular formula is C16H17BrO3. The van der Waals surface area contributed by atoms with Crippen LogP contribution in [0.4, 0.5) is 0 Å². The molecule has 4 heteroatoms. The molecule has 0 radical (unpaired) electrons. The summed E-state index contributed by atoms with van der Waals surface area (Å²) < 4.78 is 12.2. The van der Waals surface area contributed by atoms with E-state index in [9.17, 15) is 5.11 Å². The van der Waals surface area contributed by atoms with Crippen molar-refractivity contribution in [3.05, 3.63) is 58.6 Å². The van der Waals surface area contributed by atoms with E-state index in [1.165, 1.54) is 0 Å². The quantitative estimate of drug-likeness (QED) is 0.872. The van der Waals surface area contributed by atoms with E-state index in [1.54, 1.807) is 6.92 Å². The molecule has 0 aliphatic heterocycles. The van der Waals surface area contributed by atoms with Gasteiger partial charge in [0.05, 0.1) is 10.6 Å². The molecule has 0 bridgehead atoms. The van der Waals surface area contributed by atoms with Gasteiger partial charge < -0.3 is 14.6 Å². The van der Waals surface area contributed by atoms with Crippen LogP contribution in [0, 0.1) is 0 Å². The Kier molecular flexibility index (Phi) is 5.44. The van der Waals surface area contributed by atoms with Crippen LogP contribution in [0.1, 0.15) is 12.5 Å². The molecule has 106 valence electrons. The molecular weight excluding hydrogens is 320 g/mol. The third kappa shape index (κ3) is 4.25. The molecule has 0 unspecified atom stereocenters. The van der Waals surface area contributed by atoms with Crippen LogP contribution in [0.25, 0.3) is 0 Å². The van der Waals surface area contributed by atoms with Crippen molar-refractivity contribution in [2.45, 2.75) is 19.6 Å². The zero-order chi connectivity index (χ0) is 14.4. The Morgan fingerprint density at radius 2 is 1.80 bits per heavy atom. The molecule has 1 atom stereocenters. The summed E-state index contributed by atoms with van der Waals surface area (Å²) in [5, 5.41) is 9.30. The lowest BCUT2D eigenvalue weighted by Crippen LogP contribution is -2.13. The van der Waals surface area contributed by atoms with Crippen LogP contribution in [0.15, 0.2) is 53.0 Å². The van der Waals surface area contributed by atoms with E-state index < -0.39 is 6.10 Å². The van der Waals surface area contributed by atoms with Crippen LogP contribution in [0.5, 0.6) is 11.5 Å². The molecule has 0 fully saturated rings. The lowest BCUT2D eigenvalue weighted by Gasteiger charge is -2.15. The first-order valence-corrected chi connectivity index (χ1v) is 7.22. The predicted octanol–water partition coefficient (Wildman–Crippen LogP) is 3.79. The van der Waals surface area contributed by atoms with E-state index in [2.05, 4.69) is 15.9 Å². The Labute approximate surface area is 127 Å². The lowest BCUT2D eigenvalue weighted by atomic mass is 10.2. The fraction of sp³-hybridized carbons (Fsp3) is 0.250. The summed E-state index contributed by atoms with van der Waals surface area (Å²) in [5.41, 5.74) is 1.09. The van der Waals surface area contributed by atoms with E-state index in [0.717, 1.165) is 10.0 Å². The minimum atomic E-state index is -0.518. The highest BCUT2D eigenvalue weighted by molar-refractivity contribution is 9.10. The highest BCUT2D eigenvalue weighted by Gasteiger charge is 2.10. The van der Waals surface area contributed by atoms with Crippen LogP contribution in [0.3, 0.4) is 0 Å². The lowest BCUT2D eigenvalue weighted by molar-refractivity contribution is 0.119. The van der Waals surface area contributed by atoms with Gasteiger partial charge in [0.25, 0.3) is 0 Å². The van der Waals surface area contributed by atoms with Gasteiger partial charge in [0.1, 0.15) is 13.2 Å². The standard InChI is InChI=1S/C16H17BrO3/c1-12(18)10-19-15-9-5-8-14(17)16(15)20-11-13-6-3-2-4-7-13/h2-9,12,18H,10-11H2,1H3/t12-/m1/s1. The van der Waals surface area contributed by atoms with Crippen molar-refractivity contribution in [3.8, 4) is 11.5 Å². The van der Waals surface area contributed by atoms with Gasteiger partial charge in [-0.25, -0.2) is 0 Å². The summed E-state index contributed by atoms with van der Waals surface area (Å²) in [6.07, 6.45) is -0.518. The molecule has 0 saturated heterocycles. The van der Waals surface area contributed by atoms with E-state index in [4.69, 9.17) is 9.47 Å². The Morgan fingerprint density at radius 1 is 1.05 bits per heavy atom. The Bertz CT molecular complexity index is 541. The second kappa shape index (κ2) is 7.31. The van der Waals surface area contributed by atoms with E-state index >= 15 is 0 Å². The predicted molar refractivity (Wildman–Crippen MR) is 82.1 cm³/mol. The second-order valence-electron chi connectivity index (χ2n) is 4.50. The van der Waals surface area contributed by atoms with Crippen molar-refractivity contribution in [3.63, 3.8) is 0 Å². The fourth-order valence-electron chi connectivity index (χ4n) is 1.68. The number of ether oxygens (including phenoxy) is 2. The number of para-hydroxylation sites is 1. The summed E-state index contributed by atoms with van der Waals surface area (Å²) in [6, 6.07) is 15.5. The summed E-state index contributed by atoms with van der Waals surface area (Å²) in [7, 11) is 0. The van der Waals surface area contributed by atoms with Crippen LogP contribution < -0.4 is 9.47 Å². The molecule has 0 heterocycles. The van der Waals surface area contributed by atoms with E-state index in [1.807, 2.05) is 48.5 Å². The van der Waals surface area contributed by atoms with Gasteiger partial charge in [0, 0.05) is 0 Å². The number of aliphatic hydroxyl groups excluding tert-OH is 1. The average molecular weight is 337 g/mol. The monoisotopic (exact) mass is 336 g/mol. The number of benzene rings is 2. The SMILES string of the molecule is C[C@@H](O)COc1cccc(Br)c1OCc1ccccc1. The first kappa shape index (κ1) is 14.9. The third-order valence-corrected chi connectivity index (χ3v) is 3.26. The molecule has 0 spiro atoms. The molecule has 20 heavy (non-hydrogen) atoms. The smallest absolute Gasteiger partial charge is 0.175 e. The summed E-state index contributed by atoms with van der Waals surface area (Å²) in [4.78, 5) is 0. The van der Waals surface area contributed by atoms with Gasteiger partial charge in [-0.1, -0.05) is 36.4 Å². The van der Waals surface area contributed by atoms with Gasteiger partial charge in [-0.05, 0) is 40.5 Å². The molecule has 3 nitrogen and oxygen atoms in total. The van der Waals surface area contributed by atoms with Crippen LogP contribution in [-0.2, 0) is 6.61 Å². The van der Waals surface area contributed by atoms with Crippen molar-refractivity contribution < 1.29 is 14.6 Å². The zero-order valence-electron chi connectivity index (χ0n) is 11.3. The maximum absolute atomic E-state index is 9.30. The molecule has 0 aromatic heterocycles. The maximum Gasteiger partial charge on any atom is 0.175 e. The molecule has 0 aliphatic rings. The van der Waals surface area contributed by atoms with E-state index in [-0.39, 0.29) is 6.61 Å². The fourth-order valence-corrected chi connectivity index (χ4v) is 2.15. The molecule has 2 aromatic carbocycles. The number of rotatable bonds is 6. The number of aliphatic hydroxyl groups is 1. The Balaban J connectivity index is 2.09. The molecule has 0 aliphatic carbocycles. The van der Waals surface area contributed by atoms with Gasteiger partial charge in [-0.3, -0.25) is 0 Å². The summed E-state index contributed by atoms with van der Waals surface area (Å²) >= 11 is 3.46. The van der Waals surface area contributed by atoms with Crippen LogP contribution in [-0.4, -0.2) is 17.8 Å². The molecule has 0 saturated carbocycles. The third-order valence-electron chi connectivity index (χ3n) is 2.64. The Morgan fingerprint density at radius 3 is 2.50 bits per heavy atom. The highest BCUT2D eigenvalue weighted by atomic mass is 79.9. The van der Waals surface area contributed by atoms with Crippen molar-refractivity contribution in [2.75, 3.05) is 6.61 Å². The van der Waals surface area contributed by atoms with Gasteiger partial charge in [-0.15, -0.1) is 0 Å². The van der Waals surface area contributed by atoms with Gasteiger partial charge in [0.2, 0.25) is 0 Å². The average Bonchev–Trinajstić information content (AvgIpc) is 2.45. The van der Waals surface area contributed by atoms with Crippen molar-refractivity contribution in [1.82, 2.24) is 0 Å². The molecule has 1 N–H and O–H groups in total. The minimum Gasteiger partial charge on any atom is -0.487 e. The van der Waals surface area contributed by atoms with Crippen molar-refractivity contribution in [2.24, 2.45) is 0 Å². The van der Waals surface area contributed by atoms with Crippen LogP contribution in [0.2, 0.25) is 0 Å². The number of halogens is 1. The summed E-state index contributed by atoms with van der Waals surface area (Å²) in [5.74, 6) is 1.27.